The summed E-state index contributed by atoms with van der Waals surface area (Å²) in [7, 11) is 0. The number of fused-ring (bicyclic) bond motifs is 1. The van der Waals surface area contributed by atoms with Crippen molar-refractivity contribution in [2.24, 2.45) is 0 Å². The Bertz CT molecular complexity index is 1000. The first-order valence-corrected chi connectivity index (χ1v) is 7.85. The minimum absolute atomic E-state index is 0.00266. The van der Waals surface area contributed by atoms with E-state index in [1.165, 1.54) is 0 Å². The SMILES string of the molecule is CC(Oc1ccccc1)C(=O)NNC(=O)c1n[nH]c(=O)c2ccccc12. The van der Waals surface area contributed by atoms with Gasteiger partial charge in [0.15, 0.2) is 11.8 Å². The molecular formula is C18H16N4O4. The molecule has 1 unspecified atom stereocenters. The van der Waals surface area contributed by atoms with Crippen molar-refractivity contribution in [3.8, 4) is 5.75 Å². The van der Waals surface area contributed by atoms with Crippen LogP contribution in [-0.4, -0.2) is 28.1 Å². The molecule has 0 saturated carbocycles. The molecule has 3 aromatic rings. The van der Waals surface area contributed by atoms with E-state index in [-0.39, 0.29) is 5.69 Å². The van der Waals surface area contributed by atoms with Gasteiger partial charge in [-0.2, -0.15) is 5.10 Å². The summed E-state index contributed by atoms with van der Waals surface area (Å²) in [5, 5.41) is 6.75. The summed E-state index contributed by atoms with van der Waals surface area (Å²) in [5.74, 6) is -0.650. The zero-order chi connectivity index (χ0) is 18.5. The van der Waals surface area contributed by atoms with Crippen LogP contribution in [0.15, 0.2) is 59.4 Å². The van der Waals surface area contributed by atoms with Gasteiger partial charge in [0, 0.05) is 5.39 Å². The highest BCUT2D eigenvalue weighted by molar-refractivity contribution is 6.05. The number of nitrogens with one attached hydrogen (secondary N) is 3. The van der Waals surface area contributed by atoms with Crippen molar-refractivity contribution >= 4 is 22.6 Å². The van der Waals surface area contributed by atoms with Gasteiger partial charge in [0.05, 0.1) is 5.39 Å². The highest BCUT2D eigenvalue weighted by Crippen LogP contribution is 2.12. The number of aromatic nitrogens is 2. The van der Waals surface area contributed by atoms with Crippen LogP contribution in [0.3, 0.4) is 0 Å². The lowest BCUT2D eigenvalue weighted by molar-refractivity contribution is -0.128. The van der Waals surface area contributed by atoms with E-state index in [1.807, 2.05) is 6.07 Å². The zero-order valence-corrected chi connectivity index (χ0v) is 13.9. The van der Waals surface area contributed by atoms with E-state index in [0.717, 1.165) is 0 Å². The first-order valence-electron chi connectivity index (χ1n) is 7.85. The Labute approximate surface area is 148 Å². The van der Waals surface area contributed by atoms with Crippen molar-refractivity contribution in [3.63, 3.8) is 0 Å². The van der Waals surface area contributed by atoms with Crippen LogP contribution in [0.2, 0.25) is 0 Å². The van der Waals surface area contributed by atoms with Crippen molar-refractivity contribution < 1.29 is 14.3 Å². The Morgan fingerprint density at radius 3 is 2.38 bits per heavy atom. The van der Waals surface area contributed by atoms with Crippen LogP contribution in [0.5, 0.6) is 5.75 Å². The predicted molar refractivity (Wildman–Crippen MR) is 94.5 cm³/mol. The minimum atomic E-state index is -0.821. The molecule has 0 aliphatic carbocycles. The Kier molecular flexibility index (Phi) is 4.93. The number of H-pyrrole nitrogens is 1. The number of para-hydroxylation sites is 1. The van der Waals surface area contributed by atoms with Crippen LogP contribution in [0.25, 0.3) is 10.8 Å². The van der Waals surface area contributed by atoms with Gasteiger partial charge in [-0.05, 0) is 25.1 Å². The Morgan fingerprint density at radius 1 is 1.00 bits per heavy atom. The molecule has 3 rings (SSSR count). The first kappa shape index (κ1) is 17.2. The summed E-state index contributed by atoms with van der Waals surface area (Å²) in [5.41, 5.74) is 4.16. The average Bonchev–Trinajstić information content (AvgIpc) is 2.67. The number of benzene rings is 2. The highest BCUT2D eigenvalue weighted by atomic mass is 16.5. The van der Waals surface area contributed by atoms with E-state index in [9.17, 15) is 14.4 Å². The van der Waals surface area contributed by atoms with Crippen molar-refractivity contribution in [1.82, 2.24) is 21.0 Å². The number of hydrogen-bond acceptors (Lipinski definition) is 5. The third kappa shape index (κ3) is 3.69. The van der Waals surface area contributed by atoms with E-state index in [0.29, 0.717) is 16.5 Å². The summed E-state index contributed by atoms with van der Waals surface area (Å²) in [4.78, 5) is 36.1. The molecule has 1 aromatic heterocycles. The topological polar surface area (TPSA) is 113 Å². The summed E-state index contributed by atoms with van der Waals surface area (Å²) in [6, 6.07) is 15.4. The molecule has 0 spiro atoms. The molecule has 0 radical (unpaired) electrons. The van der Waals surface area contributed by atoms with E-state index >= 15 is 0 Å². The quantitative estimate of drug-likeness (QED) is 0.610. The standard InChI is InChI=1S/C18H16N4O4/c1-11(26-12-7-3-2-4-8-12)16(23)20-22-18(25)15-13-9-5-6-10-14(13)17(24)21-19-15/h2-11H,1H3,(H,20,23)(H,21,24)(H,22,25). The molecule has 8 heteroatoms. The van der Waals surface area contributed by atoms with Gasteiger partial charge >= 0.3 is 0 Å². The van der Waals surface area contributed by atoms with Crippen LogP contribution < -0.4 is 21.1 Å². The number of hydrogen-bond donors (Lipinski definition) is 3. The summed E-state index contributed by atoms with van der Waals surface area (Å²) in [6.45, 7) is 1.56. The molecule has 1 atom stereocenters. The second kappa shape index (κ2) is 7.47. The van der Waals surface area contributed by atoms with E-state index in [1.54, 1.807) is 55.5 Å². The van der Waals surface area contributed by atoms with Crippen molar-refractivity contribution in [2.45, 2.75) is 13.0 Å². The highest BCUT2D eigenvalue weighted by Gasteiger charge is 2.18. The lowest BCUT2D eigenvalue weighted by Gasteiger charge is -2.15. The number of hydrazine groups is 1. The van der Waals surface area contributed by atoms with Gasteiger partial charge in [-0.1, -0.05) is 36.4 Å². The second-order valence-electron chi connectivity index (χ2n) is 5.46. The number of ether oxygens (including phenoxy) is 1. The smallest absolute Gasteiger partial charge is 0.290 e. The Morgan fingerprint density at radius 2 is 1.65 bits per heavy atom. The number of nitrogens with zero attached hydrogens (tertiary/aromatic N) is 1. The van der Waals surface area contributed by atoms with Crippen LogP contribution in [-0.2, 0) is 4.79 Å². The van der Waals surface area contributed by atoms with Gasteiger partial charge in [0.25, 0.3) is 17.4 Å². The van der Waals surface area contributed by atoms with Gasteiger partial charge < -0.3 is 4.74 Å². The monoisotopic (exact) mass is 352 g/mol. The molecule has 0 saturated heterocycles. The summed E-state index contributed by atoms with van der Waals surface area (Å²) in [6.07, 6.45) is -0.821. The molecule has 1 heterocycles. The molecule has 26 heavy (non-hydrogen) atoms. The van der Waals surface area contributed by atoms with E-state index in [4.69, 9.17) is 4.74 Å². The molecule has 0 aliphatic rings. The van der Waals surface area contributed by atoms with Gasteiger partial charge in [0.1, 0.15) is 5.75 Å². The molecule has 8 nitrogen and oxygen atoms in total. The largest absolute Gasteiger partial charge is 0.481 e. The third-order valence-corrected chi connectivity index (χ3v) is 3.64. The van der Waals surface area contributed by atoms with E-state index in [2.05, 4.69) is 21.0 Å². The maximum atomic E-state index is 12.3. The van der Waals surface area contributed by atoms with Gasteiger partial charge in [-0.15, -0.1) is 0 Å². The molecule has 132 valence electrons. The normalized spacial score (nSPS) is 11.6. The first-order chi connectivity index (χ1) is 12.6. The van der Waals surface area contributed by atoms with Crippen molar-refractivity contribution in [2.75, 3.05) is 0 Å². The Balaban J connectivity index is 1.66. The maximum Gasteiger partial charge on any atom is 0.290 e. The van der Waals surface area contributed by atoms with Crippen molar-refractivity contribution in [1.29, 1.82) is 0 Å². The minimum Gasteiger partial charge on any atom is -0.481 e. The van der Waals surface area contributed by atoms with Crippen LogP contribution in [0, 0.1) is 0 Å². The molecule has 0 bridgehead atoms. The summed E-state index contributed by atoms with van der Waals surface area (Å²) >= 11 is 0. The molecule has 2 amide bonds. The number of aromatic amines is 1. The molecule has 0 aliphatic heterocycles. The van der Waals surface area contributed by atoms with Crippen LogP contribution in [0.1, 0.15) is 17.4 Å². The van der Waals surface area contributed by atoms with Gasteiger partial charge in [0.2, 0.25) is 0 Å². The zero-order valence-electron chi connectivity index (χ0n) is 13.9. The molecule has 2 aromatic carbocycles. The predicted octanol–water partition coefficient (Wildman–Crippen LogP) is 1.15. The average molecular weight is 352 g/mol. The van der Waals surface area contributed by atoms with Gasteiger partial charge in [-0.3, -0.25) is 25.2 Å². The third-order valence-electron chi connectivity index (χ3n) is 3.64. The fourth-order valence-electron chi connectivity index (χ4n) is 2.32. The number of carbonyl (C=O) groups is 2. The lowest BCUT2D eigenvalue weighted by Crippen LogP contribution is -2.47. The number of carbonyl (C=O) groups excluding carboxylic acids is 2. The molecule has 0 fully saturated rings. The fraction of sp³-hybridized carbons (Fsp3) is 0.111. The summed E-state index contributed by atoms with van der Waals surface area (Å²) < 4.78 is 5.47. The second-order valence-corrected chi connectivity index (χ2v) is 5.46. The number of amides is 2. The number of rotatable bonds is 4. The molecular weight excluding hydrogens is 336 g/mol. The Hall–Kier alpha value is -3.68. The van der Waals surface area contributed by atoms with Crippen LogP contribution >= 0.6 is 0 Å². The van der Waals surface area contributed by atoms with E-state index < -0.39 is 23.5 Å². The lowest BCUT2D eigenvalue weighted by atomic mass is 10.1. The van der Waals surface area contributed by atoms with Gasteiger partial charge in [-0.25, -0.2) is 5.10 Å². The molecule has 3 N–H and O–H groups in total. The maximum absolute atomic E-state index is 12.3. The fourth-order valence-corrected chi connectivity index (χ4v) is 2.32. The van der Waals surface area contributed by atoms with Crippen molar-refractivity contribution in [3.05, 3.63) is 70.6 Å². The van der Waals surface area contributed by atoms with Crippen LogP contribution in [0.4, 0.5) is 0 Å².